The van der Waals surface area contributed by atoms with E-state index in [4.69, 9.17) is 27.9 Å². The first-order valence-corrected chi connectivity index (χ1v) is 14.9. The summed E-state index contributed by atoms with van der Waals surface area (Å²) in [5.74, 6) is -0.580. The molecule has 1 atom stereocenters. The lowest BCUT2D eigenvalue weighted by Crippen LogP contribution is -2.51. The van der Waals surface area contributed by atoms with Crippen molar-refractivity contribution in [3.05, 3.63) is 88.4 Å². The number of sulfonamides is 1. The molecule has 0 spiro atoms. The van der Waals surface area contributed by atoms with Crippen molar-refractivity contribution in [2.75, 3.05) is 24.5 Å². The Hall–Kier alpha value is -3.27. The number of carbonyl (C=O) groups excluding carboxylic acids is 2. The van der Waals surface area contributed by atoms with Crippen LogP contribution in [0.5, 0.6) is 5.75 Å². The van der Waals surface area contributed by atoms with Crippen LogP contribution in [-0.4, -0.2) is 51.4 Å². The summed E-state index contributed by atoms with van der Waals surface area (Å²) in [4.78, 5) is 28.4. The number of carbonyl (C=O) groups is 2. The van der Waals surface area contributed by atoms with E-state index in [2.05, 4.69) is 5.32 Å². The number of nitrogens with zero attached hydrogens (tertiary/aromatic N) is 2. The monoisotopic (exact) mass is 605 g/mol. The van der Waals surface area contributed by atoms with Crippen LogP contribution in [0.3, 0.4) is 0 Å². The first-order chi connectivity index (χ1) is 18.9. The van der Waals surface area contributed by atoms with E-state index in [1.165, 1.54) is 36.3 Å². The lowest BCUT2D eigenvalue weighted by Gasteiger charge is -2.32. The normalized spacial score (nSPS) is 12.1. The molecule has 0 aromatic heterocycles. The smallest absolute Gasteiger partial charge is 0.264 e. The van der Waals surface area contributed by atoms with Gasteiger partial charge >= 0.3 is 0 Å². The maximum absolute atomic E-state index is 14.0. The van der Waals surface area contributed by atoms with Crippen LogP contribution in [0.4, 0.5) is 5.69 Å². The molecule has 40 heavy (non-hydrogen) atoms. The molecule has 0 aliphatic rings. The van der Waals surface area contributed by atoms with Crippen molar-refractivity contribution in [3.63, 3.8) is 0 Å². The van der Waals surface area contributed by atoms with Crippen molar-refractivity contribution < 1.29 is 22.7 Å². The molecule has 0 saturated heterocycles. The van der Waals surface area contributed by atoms with Gasteiger partial charge in [0.05, 0.1) is 17.7 Å². The van der Waals surface area contributed by atoms with Gasteiger partial charge in [-0.2, -0.15) is 0 Å². The number of benzene rings is 3. The van der Waals surface area contributed by atoms with Crippen molar-refractivity contribution in [1.82, 2.24) is 10.2 Å². The summed E-state index contributed by atoms with van der Waals surface area (Å²) in [6.07, 6.45) is 0. The summed E-state index contributed by atoms with van der Waals surface area (Å²) >= 11 is 12.6. The fourth-order valence-electron chi connectivity index (χ4n) is 3.94. The van der Waals surface area contributed by atoms with E-state index in [-0.39, 0.29) is 39.7 Å². The number of halogens is 2. The Bertz CT molecular complexity index is 1430. The number of hydrogen-bond acceptors (Lipinski definition) is 5. The van der Waals surface area contributed by atoms with Crippen LogP contribution in [0.25, 0.3) is 0 Å². The van der Waals surface area contributed by atoms with E-state index in [1.807, 2.05) is 13.8 Å². The molecule has 0 bridgehead atoms. The number of hydrogen-bond donors (Lipinski definition) is 1. The zero-order chi connectivity index (χ0) is 29.4. The molecule has 0 fully saturated rings. The van der Waals surface area contributed by atoms with Gasteiger partial charge in [0.15, 0.2) is 0 Å². The summed E-state index contributed by atoms with van der Waals surface area (Å²) in [7, 11) is -2.86. The Balaban J connectivity index is 2.08. The van der Waals surface area contributed by atoms with Crippen LogP contribution in [0.2, 0.25) is 10.0 Å². The van der Waals surface area contributed by atoms with E-state index in [1.54, 1.807) is 55.5 Å². The number of ether oxygens (including phenoxy) is 1. The Morgan fingerprint density at radius 1 is 0.950 bits per heavy atom. The number of anilines is 1. The first kappa shape index (κ1) is 31.3. The predicted molar refractivity (Wildman–Crippen MR) is 158 cm³/mol. The molecule has 11 heteroatoms. The van der Waals surface area contributed by atoms with E-state index in [0.29, 0.717) is 17.1 Å². The minimum absolute atomic E-state index is 0.0132. The van der Waals surface area contributed by atoms with E-state index in [0.717, 1.165) is 4.31 Å². The average molecular weight is 607 g/mol. The Morgan fingerprint density at radius 2 is 1.60 bits per heavy atom. The maximum atomic E-state index is 14.0. The highest BCUT2D eigenvalue weighted by molar-refractivity contribution is 7.92. The topological polar surface area (TPSA) is 96.0 Å². The van der Waals surface area contributed by atoms with Crippen molar-refractivity contribution in [3.8, 4) is 5.75 Å². The van der Waals surface area contributed by atoms with Gasteiger partial charge in [-0.1, -0.05) is 73.4 Å². The average Bonchev–Trinajstić information content (AvgIpc) is 2.94. The molecule has 0 saturated carbocycles. The van der Waals surface area contributed by atoms with Crippen molar-refractivity contribution >= 4 is 50.7 Å². The quantitative estimate of drug-likeness (QED) is 0.299. The van der Waals surface area contributed by atoms with Crippen LogP contribution < -0.4 is 14.4 Å². The van der Waals surface area contributed by atoms with Gasteiger partial charge < -0.3 is 15.0 Å². The third-order valence-corrected chi connectivity index (χ3v) is 8.55. The highest BCUT2D eigenvalue weighted by Crippen LogP contribution is 2.35. The fourth-order valence-corrected chi connectivity index (χ4v) is 5.74. The first-order valence-electron chi connectivity index (χ1n) is 12.7. The molecule has 0 aliphatic carbocycles. The van der Waals surface area contributed by atoms with Crippen molar-refractivity contribution in [1.29, 1.82) is 0 Å². The lowest BCUT2D eigenvalue weighted by atomic mass is 10.1. The minimum Gasteiger partial charge on any atom is -0.495 e. The van der Waals surface area contributed by atoms with Crippen LogP contribution in [0.15, 0.2) is 77.7 Å². The summed E-state index contributed by atoms with van der Waals surface area (Å²) in [5.41, 5.74) is 0.695. The maximum Gasteiger partial charge on any atom is 0.264 e. The molecule has 3 aromatic carbocycles. The minimum atomic E-state index is -4.26. The zero-order valence-corrected chi connectivity index (χ0v) is 25.1. The van der Waals surface area contributed by atoms with E-state index in [9.17, 15) is 18.0 Å². The molecule has 0 aliphatic heterocycles. The Kier molecular flexibility index (Phi) is 10.8. The summed E-state index contributed by atoms with van der Waals surface area (Å²) in [5, 5.41) is 3.52. The second-order valence-corrected chi connectivity index (χ2v) is 12.3. The third-order valence-electron chi connectivity index (χ3n) is 6.17. The van der Waals surface area contributed by atoms with Gasteiger partial charge in [0.25, 0.3) is 10.0 Å². The standard InChI is InChI=1S/C29H33Cl2N3O5S/c1-20(2)17-32-29(36)21(3)33(18-22-10-8-9-13-25(22)31)28(35)19-34(26-16-23(30)14-15-27(26)39-4)40(37,38)24-11-6-5-7-12-24/h5-16,20-21H,17-19H2,1-4H3,(H,32,36)/t21-/m1/s1. The Labute approximate surface area is 245 Å². The molecule has 3 aromatic rings. The van der Waals surface area contributed by atoms with Crippen molar-refractivity contribution in [2.24, 2.45) is 5.92 Å². The molecule has 0 heterocycles. The molecule has 8 nitrogen and oxygen atoms in total. The number of amides is 2. The molecule has 1 N–H and O–H groups in total. The van der Waals surface area contributed by atoms with E-state index < -0.39 is 28.5 Å². The largest absolute Gasteiger partial charge is 0.495 e. The van der Waals surface area contributed by atoms with Gasteiger partial charge in [-0.05, 0) is 54.8 Å². The predicted octanol–water partition coefficient (Wildman–Crippen LogP) is 5.39. The highest BCUT2D eigenvalue weighted by Gasteiger charge is 2.34. The summed E-state index contributed by atoms with van der Waals surface area (Å²) < 4.78 is 34.2. The highest BCUT2D eigenvalue weighted by atomic mass is 35.5. The lowest BCUT2D eigenvalue weighted by molar-refractivity contribution is -0.139. The molecule has 214 valence electrons. The molecular formula is C29H33Cl2N3O5S. The second kappa shape index (κ2) is 13.9. The zero-order valence-electron chi connectivity index (χ0n) is 22.8. The van der Waals surface area contributed by atoms with Gasteiger partial charge in [0.2, 0.25) is 11.8 Å². The summed E-state index contributed by atoms with van der Waals surface area (Å²) in [6, 6.07) is 18.3. The Morgan fingerprint density at radius 3 is 2.23 bits per heavy atom. The van der Waals surface area contributed by atoms with Crippen LogP contribution in [0, 0.1) is 5.92 Å². The third kappa shape index (κ3) is 7.68. The SMILES string of the molecule is COc1ccc(Cl)cc1N(CC(=O)N(Cc1ccccc1Cl)[C@H](C)C(=O)NCC(C)C)S(=O)(=O)c1ccccc1. The number of methoxy groups -OCH3 is 1. The van der Waals surface area contributed by atoms with Crippen LogP contribution >= 0.6 is 23.2 Å². The number of rotatable bonds is 12. The van der Waals surface area contributed by atoms with Crippen LogP contribution in [-0.2, 0) is 26.2 Å². The van der Waals surface area contributed by atoms with Gasteiger partial charge in [-0.3, -0.25) is 13.9 Å². The van der Waals surface area contributed by atoms with Gasteiger partial charge in [0.1, 0.15) is 18.3 Å². The van der Waals surface area contributed by atoms with Crippen molar-refractivity contribution in [2.45, 2.75) is 38.3 Å². The van der Waals surface area contributed by atoms with Crippen LogP contribution in [0.1, 0.15) is 26.3 Å². The molecule has 0 radical (unpaired) electrons. The van der Waals surface area contributed by atoms with Gasteiger partial charge in [-0.25, -0.2) is 8.42 Å². The van der Waals surface area contributed by atoms with Gasteiger partial charge in [0, 0.05) is 23.1 Å². The molecule has 3 rings (SSSR count). The molecule has 2 amide bonds. The molecular weight excluding hydrogens is 573 g/mol. The van der Waals surface area contributed by atoms with E-state index >= 15 is 0 Å². The second-order valence-electron chi connectivity index (χ2n) is 9.57. The summed E-state index contributed by atoms with van der Waals surface area (Å²) in [6.45, 7) is 5.30. The number of nitrogens with one attached hydrogen (secondary N) is 1. The van der Waals surface area contributed by atoms with Gasteiger partial charge in [-0.15, -0.1) is 0 Å². The molecule has 0 unspecified atom stereocenters. The fraction of sp³-hybridized carbons (Fsp3) is 0.310.